The highest BCUT2D eigenvalue weighted by molar-refractivity contribution is 6.04. The van der Waals surface area contributed by atoms with Gasteiger partial charge < -0.3 is 15.2 Å². The van der Waals surface area contributed by atoms with Crippen LogP contribution in [0.5, 0.6) is 11.5 Å². The number of aromatic hydroxyl groups is 1. The Morgan fingerprint density at radius 2 is 1.84 bits per heavy atom. The molecule has 2 N–H and O–H groups in total. The molecule has 0 saturated heterocycles. The van der Waals surface area contributed by atoms with Crippen molar-refractivity contribution in [3.8, 4) is 11.5 Å². The zero-order valence-electron chi connectivity index (χ0n) is 10.8. The van der Waals surface area contributed by atoms with Gasteiger partial charge in [0.05, 0.1) is 7.11 Å². The molecule has 4 nitrogen and oxygen atoms in total. The summed E-state index contributed by atoms with van der Waals surface area (Å²) in [5, 5.41) is 12.4. The van der Waals surface area contributed by atoms with Crippen LogP contribution in [-0.2, 0) is 0 Å². The van der Waals surface area contributed by atoms with Gasteiger partial charge in [-0.25, -0.2) is 0 Å². The topological polar surface area (TPSA) is 58.6 Å². The standard InChI is InChI=1S/C15H15NO3/c1-10-3-6-12(7-4-10)16-15(18)11-5-8-14(19-2)13(17)9-11/h3-9,17H,1-2H3,(H,16,18). The van der Waals surface area contributed by atoms with E-state index in [1.165, 1.54) is 13.2 Å². The summed E-state index contributed by atoms with van der Waals surface area (Å²) in [5.74, 6) is 0.00717. The third-order valence-electron chi connectivity index (χ3n) is 2.75. The zero-order valence-corrected chi connectivity index (χ0v) is 10.8. The van der Waals surface area contributed by atoms with Crippen molar-refractivity contribution in [1.29, 1.82) is 0 Å². The summed E-state index contributed by atoms with van der Waals surface area (Å²) in [5.41, 5.74) is 2.21. The summed E-state index contributed by atoms with van der Waals surface area (Å²) < 4.78 is 4.93. The number of ether oxygens (including phenoxy) is 1. The number of hydrogen-bond donors (Lipinski definition) is 2. The van der Waals surface area contributed by atoms with E-state index in [0.717, 1.165) is 5.56 Å². The van der Waals surface area contributed by atoms with Gasteiger partial charge >= 0.3 is 0 Å². The van der Waals surface area contributed by atoms with Crippen molar-refractivity contribution in [1.82, 2.24) is 0 Å². The van der Waals surface area contributed by atoms with E-state index in [1.54, 1.807) is 12.1 Å². The third kappa shape index (κ3) is 3.04. The van der Waals surface area contributed by atoms with E-state index in [2.05, 4.69) is 5.32 Å². The molecule has 0 bridgehead atoms. The first-order valence-electron chi connectivity index (χ1n) is 5.85. The van der Waals surface area contributed by atoms with Crippen molar-refractivity contribution in [3.05, 3.63) is 53.6 Å². The molecule has 0 radical (unpaired) electrons. The number of phenolic OH excluding ortho intramolecular Hbond substituents is 1. The highest BCUT2D eigenvalue weighted by Crippen LogP contribution is 2.26. The van der Waals surface area contributed by atoms with Crippen LogP contribution >= 0.6 is 0 Å². The minimum atomic E-state index is -0.276. The van der Waals surface area contributed by atoms with E-state index < -0.39 is 0 Å². The molecule has 1 amide bonds. The summed E-state index contributed by atoms with van der Waals surface area (Å²) in [6.45, 7) is 1.98. The fourth-order valence-electron chi connectivity index (χ4n) is 1.67. The van der Waals surface area contributed by atoms with Crippen molar-refractivity contribution in [2.75, 3.05) is 12.4 Å². The van der Waals surface area contributed by atoms with E-state index in [-0.39, 0.29) is 11.7 Å². The SMILES string of the molecule is COc1ccc(C(=O)Nc2ccc(C)cc2)cc1O. The second-order valence-electron chi connectivity index (χ2n) is 4.21. The molecule has 19 heavy (non-hydrogen) atoms. The fraction of sp³-hybridized carbons (Fsp3) is 0.133. The lowest BCUT2D eigenvalue weighted by atomic mass is 10.1. The number of amides is 1. The molecule has 0 unspecified atom stereocenters. The number of anilines is 1. The van der Waals surface area contributed by atoms with E-state index >= 15 is 0 Å². The Morgan fingerprint density at radius 1 is 1.16 bits per heavy atom. The molecule has 2 rings (SSSR count). The Morgan fingerprint density at radius 3 is 2.42 bits per heavy atom. The van der Waals surface area contributed by atoms with Gasteiger partial charge in [-0.3, -0.25) is 4.79 Å². The number of rotatable bonds is 3. The molecule has 0 saturated carbocycles. The summed E-state index contributed by atoms with van der Waals surface area (Å²) in [6.07, 6.45) is 0. The van der Waals surface area contributed by atoms with Crippen molar-refractivity contribution in [3.63, 3.8) is 0 Å². The van der Waals surface area contributed by atoms with E-state index in [9.17, 15) is 9.90 Å². The number of phenols is 1. The molecular formula is C15H15NO3. The van der Waals surface area contributed by atoms with Crippen molar-refractivity contribution in [2.45, 2.75) is 6.92 Å². The monoisotopic (exact) mass is 257 g/mol. The predicted octanol–water partition coefficient (Wildman–Crippen LogP) is 2.96. The van der Waals surface area contributed by atoms with Gasteiger partial charge in [0.25, 0.3) is 5.91 Å². The lowest BCUT2D eigenvalue weighted by molar-refractivity contribution is 0.102. The molecule has 2 aromatic rings. The van der Waals surface area contributed by atoms with Gasteiger partial charge in [-0.15, -0.1) is 0 Å². The minimum absolute atomic E-state index is 0.0564. The third-order valence-corrected chi connectivity index (χ3v) is 2.75. The summed E-state index contributed by atoms with van der Waals surface area (Å²) >= 11 is 0. The maximum atomic E-state index is 12.0. The van der Waals surface area contributed by atoms with Crippen molar-refractivity contribution >= 4 is 11.6 Å². The number of aryl methyl sites for hydroxylation is 1. The Kier molecular flexibility index (Phi) is 3.71. The predicted molar refractivity (Wildman–Crippen MR) is 73.8 cm³/mol. The number of carbonyl (C=O) groups excluding carboxylic acids is 1. The highest BCUT2D eigenvalue weighted by atomic mass is 16.5. The molecule has 0 fully saturated rings. The lowest BCUT2D eigenvalue weighted by Gasteiger charge is -2.08. The Bertz CT molecular complexity index is 591. The first-order chi connectivity index (χ1) is 9.10. The maximum absolute atomic E-state index is 12.0. The van der Waals surface area contributed by atoms with Gasteiger partial charge in [-0.05, 0) is 37.3 Å². The minimum Gasteiger partial charge on any atom is -0.504 e. The first-order valence-corrected chi connectivity index (χ1v) is 5.85. The molecule has 0 spiro atoms. The first kappa shape index (κ1) is 13.0. The van der Waals surface area contributed by atoms with Gasteiger partial charge in [0, 0.05) is 11.3 Å². The molecule has 0 aliphatic carbocycles. The second kappa shape index (κ2) is 5.44. The molecule has 0 aliphatic rings. The highest BCUT2D eigenvalue weighted by Gasteiger charge is 2.09. The average molecular weight is 257 g/mol. The summed E-state index contributed by atoms with van der Waals surface area (Å²) in [7, 11) is 1.46. The van der Waals surface area contributed by atoms with Crippen LogP contribution in [0.2, 0.25) is 0 Å². The normalized spacial score (nSPS) is 10.0. The Labute approximate surface area is 111 Å². The molecule has 0 aliphatic heterocycles. The average Bonchev–Trinajstić information content (AvgIpc) is 2.41. The van der Waals surface area contributed by atoms with Crippen LogP contribution in [0.3, 0.4) is 0 Å². The number of hydrogen-bond acceptors (Lipinski definition) is 3. The molecule has 2 aromatic carbocycles. The fourth-order valence-corrected chi connectivity index (χ4v) is 1.67. The Hall–Kier alpha value is -2.49. The second-order valence-corrected chi connectivity index (χ2v) is 4.21. The number of carbonyl (C=O) groups is 1. The molecule has 4 heteroatoms. The van der Waals surface area contributed by atoms with Gasteiger partial charge in [0.15, 0.2) is 11.5 Å². The van der Waals surface area contributed by atoms with Crippen LogP contribution in [0.25, 0.3) is 0 Å². The van der Waals surface area contributed by atoms with E-state index in [0.29, 0.717) is 17.0 Å². The molecular weight excluding hydrogens is 242 g/mol. The molecule has 98 valence electrons. The van der Waals surface area contributed by atoms with Crippen LogP contribution < -0.4 is 10.1 Å². The van der Waals surface area contributed by atoms with Crippen LogP contribution in [-0.4, -0.2) is 18.1 Å². The van der Waals surface area contributed by atoms with Gasteiger partial charge in [0.2, 0.25) is 0 Å². The van der Waals surface area contributed by atoms with Gasteiger partial charge in [0.1, 0.15) is 0 Å². The van der Waals surface area contributed by atoms with Gasteiger partial charge in [-0.1, -0.05) is 17.7 Å². The van der Waals surface area contributed by atoms with E-state index in [4.69, 9.17) is 4.74 Å². The van der Waals surface area contributed by atoms with E-state index in [1.807, 2.05) is 31.2 Å². The van der Waals surface area contributed by atoms with Crippen molar-refractivity contribution < 1.29 is 14.6 Å². The largest absolute Gasteiger partial charge is 0.504 e. The maximum Gasteiger partial charge on any atom is 0.255 e. The van der Waals surface area contributed by atoms with Crippen molar-refractivity contribution in [2.24, 2.45) is 0 Å². The number of methoxy groups -OCH3 is 1. The molecule has 0 aromatic heterocycles. The van der Waals surface area contributed by atoms with Crippen LogP contribution in [0.15, 0.2) is 42.5 Å². The quantitative estimate of drug-likeness (QED) is 0.888. The molecule has 0 atom stereocenters. The summed E-state index contributed by atoms with van der Waals surface area (Å²) in [6, 6.07) is 12.0. The van der Waals surface area contributed by atoms with Crippen LogP contribution in [0.1, 0.15) is 15.9 Å². The van der Waals surface area contributed by atoms with Gasteiger partial charge in [-0.2, -0.15) is 0 Å². The Balaban J connectivity index is 2.16. The summed E-state index contributed by atoms with van der Waals surface area (Å²) in [4.78, 5) is 12.0. The zero-order chi connectivity index (χ0) is 13.8. The van der Waals surface area contributed by atoms with Crippen LogP contribution in [0.4, 0.5) is 5.69 Å². The molecule has 0 heterocycles. The number of nitrogens with one attached hydrogen (secondary N) is 1. The lowest BCUT2D eigenvalue weighted by Crippen LogP contribution is -2.11. The smallest absolute Gasteiger partial charge is 0.255 e. The van der Waals surface area contributed by atoms with Crippen LogP contribution in [0, 0.1) is 6.92 Å². The number of benzene rings is 2.